The molecule has 0 radical (unpaired) electrons. The Morgan fingerprint density at radius 3 is 2.78 bits per heavy atom. The van der Waals surface area contributed by atoms with Crippen LogP contribution in [0.1, 0.15) is 12.5 Å². The minimum atomic E-state index is -0.320. The molecule has 0 bridgehead atoms. The van der Waals surface area contributed by atoms with Crippen LogP contribution in [0.4, 0.5) is 15.2 Å². The highest BCUT2D eigenvalue weighted by atomic mass is 32.2. The summed E-state index contributed by atoms with van der Waals surface area (Å²) in [5.41, 5.74) is 1.80. The summed E-state index contributed by atoms with van der Waals surface area (Å²) in [6, 6.07) is 16.2. The van der Waals surface area contributed by atoms with E-state index in [-0.39, 0.29) is 17.0 Å². The number of nitrogens with one attached hydrogen (secondary N) is 2. The van der Waals surface area contributed by atoms with Gasteiger partial charge in [0.25, 0.3) is 0 Å². The van der Waals surface area contributed by atoms with Gasteiger partial charge in [-0.25, -0.2) is 4.39 Å². The molecule has 5 nitrogen and oxygen atoms in total. The van der Waals surface area contributed by atoms with E-state index >= 15 is 0 Å². The highest BCUT2D eigenvalue weighted by Gasteiger charge is 2.17. The van der Waals surface area contributed by atoms with Crippen molar-refractivity contribution in [1.82, 2.24) is 15.5 Å². The lowest BCUT2D eigenvalue weighted by Crippen LogP contribution is -2.32. The lowest BCUT2D eigenvalue weighted by atomic mass is 10.1. The number of thioether (sulfide) groups is 1. The van der Waals surface area contributed by atoms with Crippen LogP contribution in [0, 0.1) is 5.82 Å². The van der Waals surface area contributed by atoms with Crippen molar-refractivity contribution < 1.29 is 9.18 Å². The van der Waals surface area contributed by atoms with Crippen LogP contribution in [0.3, 0.4) is 0 Å². The summed E-state index contributed by atoms with van der Waals surface area (Å²) < 4.78 is 13.9. The van der Waals surface area contributed by atoms with Crippen LogP contribution in [0.2, 0.25) is 0 Å². The van der Waals surface area contributed by atoms with Crippen molar-refractivity contribution >= 4 is 39.8 Å². The molecule has 3 aromatic rings. The number of carbonyl (C=O) groups is 1. The third-order valence-electron chi connectivity index (χ3n) is 3.68. The fraction of sp³-hybridized carbons (Fsp3) is 0.211. The summed E-state index contributed by atoms with van der Waals surface area (Å²) in [5, 5.41) is 14.3. The van der Waals surface area contributed by atoms with E-state index < -0.39 is 0 Å². The van der Waals surface area contributed by atoms with E-state index in [2.05, 4.69) is 20.8 Å². The molecular formula is C19H19FN4OS2. The van der Waals surface area contributed by atoms with E-state index in [0.717, 1.165) is 6.42 Å². The number of nitrogens with zero attached hydrogens (tertiary/aromatic N) is 2. The number of hydrogen-bond donors (Lipinski definition) is 2. The van der Waals surface area contributed by atoms with Crippen LogP contribution in [-0.4, -0.2) is 27.9 Å². The number of amides is 1. The third-order valence-corrected chi connectivity index (χ3v) is 5.71. The predicted octanol–water partition coefficient (Wildman–Crippen LogP) is 4.26. The molecule has 0 aliphatic rings. The Kier molecular flexibility index (Phi) is 6.78. The number of benzene rings is 2. The van der Waals surface area contributed by atoms with Crippen LogP contribution in [-0.2, 0) is 11.2 Å². The first-order valence-electron chi connectivity index (χ1n) is 8.44. The van der Waals surface area contributed by atoms with Crippen LogP contribution < -0.4 is 10.6 Å². The maximum absolute atomic E-state index is 13.2. The first kappa shape index (κ1) is 19.3. The Bertz CT molecular complexity index is 888. The molecule has 0 aliphatic heterocycles. The molecule has 1 aromatic heterocycles. The first-order chi connectivity index (χ1) is 13.1. The van der Waals surface area contributed by atoms with Gasteiger partial charge in [0.15, 0.2) is 4.34 Å². The molecule has 2 aromatic carbocycles. The van der Waals surface area contributed by atoms with Crippen molar-refractivity contribution in [1.29, 1.82) is 0 Å². The Labute approximate surface area is 165 Å². The van der Waals surface area contributed by atoms with Gasteiger partial charge in [0.05, 0.1) is 5.25 Å². The fourth-order valence-corrected chi connectivity index (χ4v) is 4.26. The zero-order valence-electron chi connectivity index (χ0n) is 14.7. The summed E-state index contributed by atoms with van der Waals surface area (Å²) in [5.74, 6) is -0.356. The summed E-state index contributed by atoms with van der Waals surface area (Å²) in [4.78, 5) is 12.2. The number of anilines is 2. The molecule has 2 N–H and O–H groups in total. The number of carbonyl (C=O) groups excluding carboxylic acids is 1. The van der Waals surface area contributed by atoms with Gasteiger partial charge in [0.2, 0.25) is 11.0 Å². The van der Waals surface area contributed by atoms with Crippen molar-refractivity contribution in [2.24, 2.45) is 0 Å². The molecule has 1 atom stereocenters. The molecule has 0 spiro atoms. The van der Waals surface area contributed by atoms with Gasteiger partial charge in [-0.05, 0) is 37.1 Å². The third kappa shape index (κ3) is 6.04. The summed E-state index contributed by atoms with van der Waals surface area (Å²) in [6.45, 7) is 2.43. The monoisotopic (exact) mass is 402 g/mol. The second-order valence-corrected chi connectivity index (χ2v) is 8.36. The molecule has 8 heteroatoms. The van der Waals surface area contributed by atoms with Gasteiger partial charge in [-0.1, -0.05) is 59.5 Å². The van der Waals surface area contributed by atoms with Gasteiger partial charge in [-0.3, -0.25) is 4.79 Å². The SMILES string of the molecule is C[C@@H](Sc1nnc(Nc2cccc(F)c2)s1)C(=O)NCCc1ccccc1. The van der Waals surface area contributed by atoms with E-state index in [9.17, 15) is 9.18 Å². The molecular weight excluding hydrogens is 383 g/mol. The first-order valence-corrected chi connectivity index (χ1v) is 10.1. The smallest absolute Gasteiger partial charge is 0.233 e. The van der Waals surface area contributed by atoms with E-state index in [1.807, 2.05) is 37.3 Å². The maximum Gasteiger partial charge on any atom is 0.233 e. The Balaban J connectivity index is 1.46. The highest BCUT2D eigenvalue weighted by molar-refractivity contribution is 8.02. The van der Waals surface area contributed by atoms with Gasteiger partial charge in [0.1, 0.15) is 5.82 Å². The normalized spacial score (nSPS) is 11.8. The Morgan fingerprint density at radius 1 is 1.19 bits per heavy atom. The standard InChI is InChI=1S/C19H19FN4OS2/c1-13(17(25)21-11-10-14-6-3-2-4-7-14)26-19-24-23-18(27-19)22-16-9-5-8-15(20)12-16/h2-9,12-13H,10-11H2,1H3,(H,21,25)(H,22,23)/t13-/m1/s1. The van der Waals surface area contributed by atoms with Crippen molar-refractivity contribution in [3.8, 4) is 0 Å². The van der Waals surface area contributed by atoms with Crippen molar-refractivity contribution in [2.45, 2.75) is 22.9 Å². The summed E-state index contributed by atoms with van der Waals surface area (Å²) in [7, 11) is 0. The van der Waals surface area contributed by atoms with E-state index in [1.54, 1.807) is 12.1 Å². The minimum Gasteiger partial charge on any atom is -0.355 e. The van der Waals surface area contributed by atoms with Crippen molar-refractivity contribution in [3.63, 3.8) is 0 Å². The maximum atomic E-state index is 13.2. The molecule has 0 aliphatic carbocycles. The molecule has 27 heavy (non-hydrogen) atoms. The topological polar surface area (TPSA) is 66.9 Å². The predicted molar refractivity (Wildman–Crippen MR) is 108 cm³/mol. The molecule has 0 saturated carbocycles. The largest absolute Gasteiger partial charge is 0.355 e. The molecule has 1 heterocycles. The molecule has 3 rings (SSSR count). The second kappa shape index (κ2) is 9.48. The average molecular weight is 403 g/mol. The van der Waals surface area contributed by atoms with Crippen LogP contribution >= 0.6 is 23.1 Å². The van der Waals surface area contributed by atoms with Gasteiger partial charge in [-0.2, -0.15) is 0 Å². The molecule has 0 fully saturated rings. The van der Waals surface area contributed by atoms with Crippen LogP contribution in [0.25, 0.3) is 0 Å². The van der Waals surface area contributed by atoms with Gasteiger partial charge >= 0.3 is 0 Å². The zero-order valence-corrected chi connectivity index (χ0v) is 16.3. The average Bonchev–Trinajstić information content (AvgIpc) is 3.09. The van der Waals surface area contributed by atoms with Crippen molar-refractivity contribution in [3.05, 3.63) is 66.0 Å². The number of rotatable bonds is 8. The number of halogens is 1. The van der Waals surface area contributed by atoms with E-state index in [1.165, 1.54) is 40.8 Å². The molecule has 0 unspecified atom stereocenters. The lowest BCUT2D eigenvalue weighted by molar-refractivity contribution is -0.120. The molecule has 140 valence electrons. The number of hydrogen-bond acceptors (Lipinski definition) is 6. The lowest BCUT2D eigenvalue weighted by Gasteiger charge is -2.10. The van der Waals surface area contributed by atoms with E-state index in [4.69, 9.17) is 0 Å². The summed E-state index contributed by atoms with van der Waals surface area (Å²) in [6.07, 6.45) is 0.796. The van der Waals surface area contributed by atoms with Crippen LogP contribution in [0.5, 0.6) is 0 Å². The molecule has 1 amide bonds. The highest BCUT2D eigenvalue weighted by Crippen LogP contribution is 2.30. The second-order valence-electron chi connectivity index (χ2n) is 5.80. The van der Waals surface area contributed by atoms with Gasteiger partial charge in [-0.15, -0.1) is 10.2 Å². The Hall–Kier alpha value is -2.45. The van der Waals surface area contributed by atoms with Gasteiger partial charge < -0.3 is 10.6 Å². The summed E-state index contributed by atoms with van der Waals surface area (Å²) >= 11 is 2.68. The minimum absolute atomic E-state index is 0.0363. The van der Waals surface area contributed by atoms with Gasteiger partial charge in [0, 0.05) is 12.2 Å². The Morgan fingerprint density at radius 2 is 2.00 bits per heavy atom. The zero-order chi connectivity index (χ0) is 19.1. The van der Waals surface area contributed by atoms with Crippen molar-refractivity contribution in [2.75, 3.05) is 11.9 Å². The number of aromatic nitrogens is 2. The van der Waals surface area contributed by atoms with E-state index in [0.29, 0.717) is 21.7 Å². The van der Waals surface area contributed by atoms with Crippen LogP contribution in [0.15, 0.2) is 58.9 Å². The molecule has 0 saturated heterocycles. The fourth-order valence-electron chi connectivity index (χ4n) is 2.32. The quantitative estimate of drug-likeness (QED) is 0.551.